The van der Waals surface area contributed by atoms with Gasteiger partial charge in [-0.25, -0.2) is 0 Å². The van der Waals surface area contributed by atoms with Crippen LogP contribution < -0.4 is 5.56 Å². The highest BCUT2D eigenvalue weighted by Crippen LogP contribution is 2.44. The standard InChI is InChI=1S/C45H29NO/c47-45-40-21-10-7-17-35(40)36-18-11-12-22-42(36)46(45)34-26-23-30(24-27-34)33-25-28-39-41(29-33)44(32-15-5-2-6-16-32)38-20-9-8-19-37(38)43(39)31-13-3-1-4-14-31/h1-29H. The van der Waals surface area contributed by atoms with Crippen LogP contribution in [0.1, 0.15) is 0 Å². The molecule has 0 aliphatic carbocycles. The molecule has 0 spiro atoms. The van der Waals surface area contributed by atoms with Crippen LogP contribution in [0.2, 0.25) is 0 Å². The van der Waals surface area contributed by atoms with Gasteiger partial charge in [0.2, 0.25) is 0 Å². The van der Waals surface area contributed by atoms with Gasteiger partial charge in [0.1, 0.15) is 0 Å². The first-order chi connectivity index (χ1) is 23.3. The molecule has 0 radical (unpaired) electrons. The summed E-state index contributed by atoms with van der Waals surface area (Å²) in [4.78, 5) is 13.8. The Kier molecular flexibility index (Phi) is 6.33. The van der Waals surface area contributed by atoms with E-state index in [4.69, 9.17) is 0 Å². The molecule has 9 aromatic rings. The normalized spacial score (nSPS) is 11.5. The summed E-state index contributed by atoms with van der Waals surface area (Å²) in [7, 11) is 0. The van der Waals surface area contributed by atoms with E-state index >= 15 is 0 Å². The molecule has 2 heteroatoms. The molecule has 0 aliphatic rings. The molecule has 0 unspecified atom stereocenters. The van der Waals surface area contributed by atoms with Crippen LogP contribution in [0.3, 0.4) is 0 Å². The minimum Gasteiger partial charge on any atom is -0.276 e. The van der Waals surface area contributed by atoms with Crippen LogP contribution in [0.25, 0.3) is 82.3 Å². The summed E-state index contributed by atoms with van der Waals surface area (Å²) in [5, 5.41) is 7.69. The van der Waals surface area contributed by atoms with Crippen LogP contribution in [0.5, 0.6) is 0 Å². The van der Waals surface area contributed by atoms with Gasteiger partial charge in [0.25, 0.3) is 5.56 Å². The number of pyridine rings is 1. The molecular weight excluding hydrogens is 571 g/mol. The Morgan fingerprint density at radius 1 is 0.319 bits per heavy atom. The number of benzene rings is 8. The molecule has 1 heterocycles. The topological polar surface area (TPSA) is 22.0 Å². The van der Waals surface area contributed by atoms with Crippen molar-refractivity contribution in [3.05, 3.63) is 186 Å². The maximum Gasteiger partial charge on any atom is 0.263 e. The van der Waals surface area contributed by atoms with Crippen LogP contribution >= 0.6 is 0 Å². The molecule has 1 aromatic heterocycles. The molecule has 0 aliphatic heterocycles. The van der Waals surface area contributed by atoms with E-state index in [1.165, 1.54) is 43.8 Å². The van der Waals surface area contributed by atoms with Gasteiger partial charge in [-0.1, -0.05) is 146 Å². The fraction of sp³-hybridized carbons (Fsp3) is 0. The molecule has 0 fully saturated rings. The van der Waals surface area contributed by atoms with Crippen molar-refractivity contribution in [1.82, 2.24) is 4.57 Å². The van der Waals surface area contributed by atoms with E-state index in [1.54, 1.807) is 0 Å². The van der Waals surface area contributed by atoms with Gasteiger partial charge in [-0.05, 0) is 90.6 Å². The molecule has 9 rings (SSSR count). The average Bonchev–Trinajstić information content (AvgIpc) is 3.15. The van der Waals surface area contributed by atoms with Crippen molar-refractivity contribution in [1.29, 1.82) is 0 Å². The van der Waals surface area contributed by atoms with E-state index in [1.807, 2.05) is 47.0 Å². The van der Waals surface area contributed by atoms with Gasteiger partial charge in [0, 0.05) is 16.5 Å². The van der Waals surface area contributed by atoms with Gasteiger partial charge in [0.15, 0.2) is 0 Å². The molecular formula is C45H29NO. The Morgan fingerprint density at radius 3 is 1.43 bits per heavy atom. The Labute approximate surface area is 272 Å². The van der Waals surface area contributed by atoms with Crippen molar-refractivity contribution < 1.29 is 0 Å². The largest absolute Gasteiger partial charge is 0.276 e. The lowest BCUT2D eigenvalue weighted by Crippen LogP contribution is -2.19. The highest BCUT2D eigenvalue weighted by Gasteiger charge is 2.18. The van der Waals surface area contributed by atoms with Crippen molar-refractivity contribution in [2.75, 3.05) is 0 Å². The second-order valence-electron chi connectivity index (χ2n) is 12.0. The minimum absolute atomic E-state index is 0.00872. The Hall–Kier alpha value is -6.25. The zero-order chi connectivity index (χ0) is 31.3. The van der Waals surface area contributed by atoms with Crippen LogP contribution in [-0.4, -0.2) is 4.57 Å². The van der Waals surface area contributed by atoms with Gasteiger partial charge in [-0.3, -0.25) is 9.36 Å². The number of fused-ring (bicyclic) bond motifs is 5. The van der Waals surface area contributed by atoms with Crippen LogP contribution in [0.15, 0.2) is 181 Å². The molecule has 0 saturated carbocycles. The fourth-order valence-corrected chi connectivity index (χ4v) is 7.28. The molecule has 220 valence electrons. The van der Waals surface area contributed by atoms with Crippen molar-refractivity contribution >= 4 is 43.2 Å². The van der Waals surface area contributed by atoms with Gasteiger partial charge in [0.05, 0.1) is 5.52 Å². The van der Waals surface area contributed by atoms with Gasteiger partial charge in [-0.15, -0.1) is 0 Å². The van der Waals surface area contributed by atoms with E-state index < -0.39 is 0 Å². The SMILES string of the molecule is O=c1c2ccccc2c2ccccc2n1-c1ccc(-c2ccc3c(-c4ccccc4)c4ccccc4c(-c4ccccc4)c3c2)cc1. The average molecular weight is 600 g/mol. The molecule has 0 atom stereocenters. The van der Waals surface area contributed by atoms with E-state index in [-0.39, 0.29) is 5.56 Å². The lowest BCUT2D eigenvalue weighted by molar-refractivity contribution is 1.06. The van der Waals surface area contributed by atoms with Crippen LogP contribution in [0, 0.1) is 0 Å². The van der Waals surface area contributed by atoms with E-state index in [0.717, 1.165) is 38.5 Å². The van der Waals surface area contributed by atoms with Crippen LogP contribution in [-0.2, 0) is 0 Å². The quantitative estimate of drug-likeness (QED) is 0.146. The number of hydrogen-bond donors (Lipinski definition) is 0. The zero-order valence-corrected chi connectivity index (χ0v) is 25.6. The number of rotatable bonds is 4. The Balaban J connectivity index is 1.26. The maximum absolute atomic E-state index is 13.8. The van der Waals surface area contributed by atoms with Crippen molar-refractivity contribution in [2.45, 2.75) is 0 Å². The van der Waals surface area contributed by atoms with Crippen molar-refractivity contribution in [3.8, 4) is 39.1 Å². The van der Waals surface area contributed by atoms with Gasteiger partial charge < -0.3 is 0 Å². The number of hydrogen-bond acceptors (Lipinski definition) is 1. The maximum atomic E-state index is 13.8. The van der Waals surface area contributed by atoms with Crippen molar-refractivity contribution in [2.24, 2.45) is 0 Å². The summed E-state index contributed by atoms with van der Waals surface area (Å²) in [6, 6.07) is 61.4. The minimum atomic E-state index is -0.00872. The predicted octanol–water partition coefficient (Wildman–Crippen LogP) is 11.5. The first-order valence-corrected chi connectivity index (χ1v) is 16.0. The molecule has 0 N–H and O–H groups in total. The van der Waals surface area contributed by atoms with E-state index in [2.05, 4.69) is 133 Å². The molecule has 2 nitrogen and oxygen atoms in total. The molecule has 0 bridgehead atoms. The first-order valence-electron chi connectivity index (χ1n) is 16.0. The van der Waals surface area contributed by atoms with Gasteiger partial charge >= 0.3 is 0 Å². The summed E-state index contributed by atoms with van der Waals surface area (Å²) in [5.74, 6) is 0. The highest BCUT2D eigenvalue weighted by atomic mass is 16.1. The molecule has 0 amide bonds. The number of aromatic nitrogens is 1. The molecule has 8 aromatic carbocycles. The second kappa shape index (κ2) is 11.0. The Bertz CT molecular complexity index is 2670. The molecule has 47 heavy (non-hydrogen) atoms. The third-order valence-corrected chi connectivity index (χ3v) is 9.40. The monoisotopic (exact) mass is 599 g/mol. The smallest absolute Gasteiger partial charge is 0.263 e. The van der Waals surface area contributed by atoms with E-state index in [9.17, 15) is 4.79 Å². The lowest BCUT2D eigenvalue weighted by Gasteiger charge is -2.19. The van der Waals surface area contributed by atoms with Crippen LogP contribution in [0.4, 0.5) is 0 Å². The second-order valence-corrected chi connectivity index (χ2v) is 12.0. The summed E-state index contributed by atoms with van der Waals surface area (Å²) in [5.41, 5.74) is 8.87. The first kappa shape index (κ1) is 27.1. The number of nitrogens with zero attached hydrogens (tertiary/aromatic N) is 1. The third-order valence-electron chi connectivity index (χ3n) is 9.40. The summed E-state index contributed by atoms with van der Waals surface area (Å²) >= 11 is 0. The number of para-hydroxylation sites is 1. The van der Waals surface area contributed by atoms with Gasteiger partial charge in [-0.2, -0.15) is 0 Å². The predicted molar refractivity (Wildman–Crippen MR) is 198 cm³/mol. The van der Waals surface area contributed by atoms with Crippen molar-refractivity contribution in [3.63, 3.8) is 0 Å². The molecule has 0 saturated heterocycles. The Morgan fingerprint density at radius 2 is 0.787 bits per heavy atom. The highest BCUT2D eigenvalue weighted by molar-refractivity contribution is 6.22. The third kappa shape index (κ3) is 4.38. The summed E-state index contributed by atoms with van der Waals surface area (Å²) in [6.07, 6.45) is 0. The fourth-order valence-electron chi connectivity index (χ4n) is 7.28. The van der Waals surface area contributed by atoms with E-state index in [0.29, 0.717) is 0 Å². The zero-order valence-electron chi connectivity index (χ0n) is 25.6. The summed E-state index contributed by atoms with van der Waals surface area (Å²) < 4.78 is 1.84. The lowest BCUT2D eigenvalue weighted by atomic mass is 9.85. The summed E-state index contributed by atoms with van der Waals surface area (Å²) in [6.45, 7) is 0.